The van der Waals surface area contributed by atoms with Gasteiger partial charge < -0.3 is 10.6 Å². The molecule has 2 N–H and O–H groups in total. The molecule has 0 heterocycles. The summed E-state index contributed by atoms with van der Waals surface area (Å²) in [6.45, 7) is 0. The van der Waals surface area contributed by atoms with Gasteiger partial charge in [-0.05, 0) is 56.3 Å². The second-order valence-corrected chi connectivity index (χ2v) is 6.28. The molecular formula is C13H23N3. The normalized spacial score (nSPS) is 46.1. The van der Waals surface area contributed by atoms with Crippen molar-refractivity contribution >= 4 is 5.96 Å². The minimum Gasteiger partial charge on any atom is -0.370 e. The van der Waals surface area contributed by atoms with Crippen molar-refractivity contribution in [2.24, 2.45) is 28.5 Å². The Hall–Kier alpha value is -0.730. The van der Waals surface area contributed by atoms with Crippen LogP contribution in [0.25, 0.3) is 0 Å². The molecule has 0 unspecified atom stereocenters. The number of nitrogens with two attached hydrogens (primary N) is 1. The molecule has 3 nitrogen and oxygen atoms in total. The van der Waals surface area contributed by atoms with Crippen molar-refractivity contribution in [3.63, 3.8) is 0 Å². The first-order chi connectivity index (χ1) is 7.63. The Morgan fingerprint density at radius 1 is 1.12 bits per heavy atom. The highest BCUT2D eigenvalue weighted by Crippen LogP contribution is 2.57. The van der Waals surface area contributed by atoms with Crippen LogP contribution in [0.15, 0.2) is 4.99 Å². The molecule has 0 aliphatic heterocycles. The Bertz CT molecular complexity index is 286. The number of guanidine groups is 1. The molecule has 0 radical (unpaired) electrons. The minimum absolute atomic E-state index is 0.359. The smallest absolute Gasteiger partial charge is 0.191 e. The SMILES string of the molecule is CN=C(N)N(C)C12CC3CC(CC(C3)C1)C2. The zero-order valence-electron chi connectivity index (χ0n) is 10.4. The van der Waals surface area contributed by atoms with Crippen molar-refractivity contribution in [3.8, 4) is 0 Å². The van der Waals surface area contributed by atoms with Gasteiger partial charge >= 0.3 is 0 Å². The van der Waals surface area contributed by atoms with Crippen molar-refractivity contribution in [3.05, 3.63) is 0 Å². The topological polar surface area (TPSA) is 41.6 Å². The Morgan fingerprint density at radius 2 is 1.56 bits per heavy atom. The van der Waals surface area contributed by atoms with Gasteiger partial charge in [-0.2, -0.15) is 0 Å². The summed E-state index contributed by atoms with van der Waals surface area (Å²) in [4.78, 5) is 6.46. The van der Waals surface area contributed by atoms with Gasteiger partial charge in [-0.25, -0.2) is 0 Å². The third-order valence-corrected chi connectivity index (χ3v) is 5.29. The van der Waals surface area contributed by atoms with Crippen LogP contribution in [0.4, 0.5) is 0 Å². The van der Waals surface area contributed by atoms with E-state index in [4.69, 9.17) is 5.73 Å². The maximum atomic E-state index is 6.01. The predicted octanol–water partition coefficient (Wildman–Crippen LogP) is 1.83. The lowest BCUT2D eigenvalue weighted by Gasteiger charge is -2.60. The fourth-order valence-electron chi connectivity index (χ4n) is 4.87. The molecule has 3 heteroatoms. The number of hydrogen-bond acceptors (Lipinski definition) is 1. The lowest BCUT2D eigenvalue weighted by Crippen LogP contribution is -2.61. The Morgan fingerprint density at radius 3 is 1.94 bits per heavy atom. The van der Waals surface area contributed by atoms with Gasteiger partial charge in [0.25, 0.3) is 0 Å². The van der Waals surface area contributed by atoms with E-state index >= 15 is 0 Å². The molecule has 4 saturated carbocycles. The van der Waals surface area contributed by atoms with E-state index in [-0.39, 0.29) is 0 Å². The van der Waals surface area contributed by atoms with Crippen LogP contribution in [0.2, 0.25) is 0 Å². The summed E-state index contributed by atoms with van der Waals surface area (Å²) in [5, 5.41) is 0. The fraction of sp³-hybridized carbons (Fsp3) is 0.923. The maximum absolute atomic E-state index is 6.01. The van der Waals surface area contributed by atoms with Gasteiger partial charge in [0.1, 0.15) is 0 Å². The van der Waals surface area contributed by atoms with Crippen molar-refractivity contribution in [1.29, 1.82) is 0 Å². The van der Waals surface area contributed by atoms with Crippen LogP contribution in [-0.4, -0.2) is 30.5 Å². The summed E-state index contributed by atoms with van der Waals surface area (Å²) >= 11 is 0. The van der Waals surface area contributed by atoms with Crippen LogP contribution in [0.5, 0.6) is 0 Å². The molecule has 4 rings (SSSR count). The van der Waals surface area contributed by atoms with Gasteiger partial charge in [0.15, 0.2) is 5.96 Å². The van der Waals surface area contributed by atoms with Crippen molar-refractivity contribution < 1.29 is 0 Å². The van der Waals surface area contributed by atoms with Crippen LogP contribution in [0.3, 0.4) is 0 Å². The highest BCUT2D eigenvalue weighted by atomic mass is 15.3. The number of rotatable bonds is 1. The van der Waals surface area contributed by atoms with Gasteiger partial charge in [0, 0.05) is 19.6 Å². The maximum Gasteiger partial charge on any atom is 0.191 e. The average molecular weight is 221 g/mol. The fourth-order valence-corrected chi connectivity index (χ4v) is 4.87. The number of nitrogens with zero attached hydrogens (tertiary/aromatic N) is 2. The van der Waals surface area contributed by atoms with Crippen LogP contribution in [0, 0.1) is 17.8 Å². The van der Waals surface area contributed by atoms with Crippen molar-refractivity contribution in [2.75, 3.05) is 14.1 Å². The summed E-state index contributed by atoms with van der Waals surface area (Å²) in [6, 6.07) is 0. The highest BCUT2D eigenvalue weighted by Gasteiger charge is 2.53. The Kier molecular flexibility index (Phi) is 2.20. The van der Waals surface area contributed by atoms with Crippen LogP contribution < -0.4 is 5.73 Å². The van der Waals surface area contributed by atoms with E-state index in [1.807, 2.05) is 0 Å². The zero-order valence-corrected chi connectivity index (χ0v) is 10.4. The van der Waals surface area contributed by atoms with E-state index in [2.05, 4.69) is 16.9 Å². The molecule has 0 amide bonds. The third kappa shape index (κ3) is 1.36. The van der Waals surface area contributed by atoms with Gasteiger partial charge in [-0.1, -0.05) is 0 Å². The molecule has 4 aliphatic rings. The average Bonchev–Trinajstić information content (AvgIpc) is 2.25. The summed E-state index contributed by atoms with van der Waals surface area (Å²) < 4.78 is 0. The third-order valence-electron chi connectivity index (χ3n) is 5.29. The molecule has 90 valence electrons. The van der Waals surface area contributed by atoms with Gasteiger partial charge in [-0.3, -0.25) is 4.99 Å². The van der Waals surface area contributed by atoms with E-state index in [9.17, 15) is 0 Å². The summed E-state index contributed by atoms with van der Waals surface area (Å²) in [5.74, 6) is 3.64. The summed E-state index contributed by atoms with van der Waals surface area (Å²) in [7, 11) is 3.95. The first-order valence-electron chi connectivity index (χ1n) is 6.59. The molecule has 0 aromatic carbocycles. The van der Waals surface area contributed by atoms with Gasteiger partial charge in [0.2, 0.25) is 0 Å². The van der Waals surface area contributed by atoms with E-state index in [1.165, 1.54) is 38.5 Å². The van der Waals surface area contributed by atoms with Crippen LogP contribution in [-0.2, 0) is 0 Å². The molecule has 4 fully saturated rings. The van der Waals surface area contributed by atoms with Crippen LogP contribution >= 0.6 is 0 Å². The zero-order chi connectivity index (χ0) is 11.3. The van der Waals surface area contributed by atoms with Crippen molar-refractivity contribution in [2.45, 2.75) is 44.1 Å². The Labute approximate surface area is 98.1 Å². The molecule has 0 aromatic heterocycles. The van der Waals surface area contributed by atoms with Crippen LogP contribution in [0.1, 0.15) is 38.5 Å². The van der Waals surface area contributed by atoms with E-state index in [0.29, 0.717) is 5.54 Å². The number of aliphatic imine (C=N–C) groups is 1. The molecule has 4 aliphatic carbocycles. The second-order valence-electron chi connectivity index (χ2n) is 6.28. The molecular weight excluding hydrogens is 198 g/mol. The molecule has 16 heavy (non-hydrogen) atoms. The number of hydrogen-bond donors (Lipinski definition) is 1. The van der Waals surface area contributed by atoms with E-state index < -0.39 is 0 Å². The summed E-state index contributed by atoms with van der Waals surface area (Å²) in [5.41, 5.74) is 6.37. The lowest BCUT2D eigenvalue weighted by atomic mass is 9.52. The molecule has 4 bridgehead atoms. The van der Waals surface area contributed by atoms with Crippen molar-refractivity contribution in [1.82, 2.24) is 4.90 Å². The second kappa shape index (κ2) is 3.38. The first kappa shape index (κ1) is 10.4. The van der Waals surface area contributed by atoms with Gasteiger partial charge in [0.05, 0.1) is 0 Å². The molecule has 0 saturated heterocycles. The molecule has 0 atom stereocenters. The summed E-state index contributed by atoms with van der Waals surface area (Å²) in [6.07, 6.45) is 8.51. The lowest BCUT2D eigenvalue weighted by molar-refractivity contribution is -0.0550. The largest absolute Gasteiger partial charge is 0.370 e. The van der Waals surface area contributed by atoms with E-state index in [1.54, 1.807) is 7.05 Å². The van der Waals surface area contributed by atoms with E-state index in [0.717, 1.165) is 23.7 Å². The quantitative estimate of drug-likeness (QED) is 0.542. The first-order valence-corrected chi connectivity index (χ1v) is 6.59. The van der Waals surface area contributed by atoms with Gasteiger partial charge in [-0.15, -0.1) is 0 Å². The standard InChI is InChI=1S/C13H23N3/c1-15-12(14)16(2)13-6-9-3-10(7-13)5-11(4-9)8-13/h9-11H,3-8H2,1-2H3,(H2,14,15). The minimum atomic E-state index is 0.359. The monoisotopic (exact) mass is 221 g/mol. The predicted molar refractivity (Wildman–Crippen MR) is 66.2 cm³/mol. The molecule has 0 spiro atoms. The highest BCUT2D eigenvalue weighted by molar-refractivity contribution is 5.78. The Balaban J connectivity index is 1.88. The molecule has 0 aromatic rings.